The van der Waals surface area contributed by atoms with Crippen molar-refractivity contribution in [3.05, 3.63) is 35.9 Å². The minimum Gasteiger partial charge on any atom is -0.345 e. The van der Waals surface area contributed by atoms with Gasteiger partial charge in [-0.2, -0.15) is 0 Å². The molecular weight excluding hydrogens is 540 g/mol. The van der Waals surface area contributed by atoms with E-state index in [-0.39, 0.29) is 24.8 Å². The summed E-state index contributed by atoms with van der Waals surface area (Å²) in [5.74, 6) is -3.74. The van der Waals surface area contributed by atoms with Gasteiger partial charge in [-0.1, -0.05) is 64.4 Å². The third-order valence-corrected chi connectivity index (χ3v) is 8.00. The van der Waals surface area contributed by atoms with Crippen LogP contribution in [0.2, 0.25) is 0 Å². The molecule has 1 unspecified atom stereocenters. The summed E-state index contributed by atoms with van der Waals surface area (Å²) in [7, 11) is 0. The number of benzene rings is 1. The molecule has 230 valence electrons. The highest BCUT2D eigenvalue weighted by molar-refractivity contribution is 5.97. The molecule has 2 fully saturated rings. The van der Waals surface area contributed by atoms with Gasteiger partial charge < -0.3 is 31.5 Å². The van der Waals surface area contributed by atoms with Gasteiger partial charge in [0.05, 0.1) is 6.54 Å². The van der Waals surface area contributed by atoms with Gasteiger partial charge in [0.2, 0.25) is 35.4 Å². The first-order chi connectivity index (χ1) is 19.9. The Bertz CT molecular complexity index is 1160. The monoisotopic (exact) mass is 584 g/mol. The predicted octanol–water partition coefficient (Wildman–Crippen LogP) is 0.0111. The molecule has 0 aromatic heterocycles. The lowest BCUT2D eigenvalue weighted by Crippen LogP contribution is -2.61. The first kappa shape index (κ1) is 32.6. The van der Waals surface area contributed by atoms with Crippen molar-refractivity contribution < 1.29 is 28.8 Å². The van der Waals surface area contributed by atoms with Gasteiger partial charge in [-0.25, -0.2) is 0 Å². The van der Waals surface area contributed by atoms with Crippen LogP contribution in [0.4, 0.5) is 0 Å². The molecule has 42 heavy (non-hydrogen) atoms. The summed E-state index contributed by atoms with van der Waals surface area (Å²) in [6, 6.07) is 4.31. The number of hydrogen-bond donors (Lipinski definition) is 5. The average Bonchev–Trinajstić information content (AvgIpc) is 3.46. The molecule has 2 heterocycles. The van der Waals surface area contributed by atoms with Crippen molar-refractivity contribution in [3.63, 3.8) is 0 Å². The van der Waals surface area contributed by atoms with E-state index in [2.05, 4.69) is 26.6 Å². The van der Waals surface area contributed by atoms with E-state index >= 15 is 0 Å². The van der Waals surface area contributed by atoms with Crippen molar-refractivity contribution in [2.75, 3.05) is 13.1 Å². The van der Waals surface area contributed by atoms with Crippen LogP contribution in [0, 0.1) is 11.8 Å². The van der Waals surface area contributed by atoms with Crippen LogP contribution in [0.5, 0.6) is 0 Å². The normalized spacial score (nSPS) is 27.6. The maximum absolute atomic E-state index is 13.6. The van der Waals surface area contributed by atoms with Crippen LogP contribution in [0.3, 0.4) is 0 Å². The molecule has 2 aliphatic heterocycles. The molecule has 0 saturated carbocycles. The highest BCUT2D eigenvalue weighted by Gasteiger charge is 2.38. The van der Waals surface area contributed by atoms with Gasteiger partial charge in [0.1, 0.15) is 30.2 Å². The second-order valence-corrected chi connectivity index (χ2v) is 11.5. The number of carbonyl (C=O) groups excluding carboxylic acids is 6. The second-order valence-electron chi connectivity index (χ2n) is 11.5. The zero-order chi connectivity index (χ0) is 31.0. The van der Waals surface area contributed by atoms with E-state index in [4.69, 9.17) is 0 Å². The Hall–Kier alpha value is -3.96. The Morgan fingerprint density at radius 2 is 1.45 bits per heavy atom. The average molecular weight is 585 g/mol. The number of rotatable bonds is 5. The van der Waals surface area contributed by atoms with E-state index in [9.17, 15) is 28.8 Å². The standard InChI is InChI=1S/C30H44N6O6/c1-6-18(4)25-30(42)34-24(17(2)3)29(41)33-21(15-20-11-8-7-9-12-20)27(39)32-19(5)26(38)31-16-23(37)36-14-10-13-22(36)28(40)35-25/h7-9,11-12,17-19,21-22,24-25H,6,10,13-16H2,1-5H3,(H,31,38)(H,32,39)(H,33,41)(H,34,42)(H,35,40)/t18?,19-,21-,22-,24-,25-/m0/s1. The molecule has 1 aromatic carbocycles. The smallest absolute Gasteiger partial charge is 0.243 e. The summed E-state index contributed by atoms with van der Waals surface area (Å²) in [5.41, 5.74) is 0.785. The summed E-state index contributed by atoms with van der Waals surface area (Å²) in [6.07, 6.45) is 1.75. The Kier molecular flexibility index (Phi) is 11.5. The molecule has 12 heteroatoms. The first-order valence-corrected chi connectivity index (χ1v) is 14.8. The van der Waals surface area contributed by atoms with Crippen LogP contribution >= 0.6 is 0 Å². The molecular formula is C30H44N6O6. The third kappa shape index (κ3) is 8.29. The fourth-order valence-electron chi connectivity index (χ4n) is 5.18. The first-order valence-electron chi connectivity index (χ1n) is 14.8. The Morgan fingerprint density at radius 3 is 2.10 bits per heavy atom. The summed E-state index contributed by atoms with van der Waals surface area (Å²) < 4.78 is 0. The molecule has 2 saturated heterocycles. The van der Waals surface area contributed by atoms with E-state index in [1.54, 1.807) is 13.8 Å². The van der Waals surface area contributed by atoms with Gasteiger partial charge >= 0.3 is 0 Å². The quantitative estimate of drug-likeness (QED) is 0.327. The Labute approximate surface area is 247 Å². The van der Waals surface area contributed by atoms with E-state index in [0.29, 0.717) is 25.8 Å². The number of hydrogen-bond acceptors (Lipinski definition) is 6. The van der Waals surface area contributed by atoms with Crippen LogP contribution in [0.1, 0.15) is 59.4 Å². The van der Waals surface area contributed by atoms with E-state index in [0.717, 1.165) is 5.56 Å². The fourth-order valence-corrected chi connectivity index (χ4v) is 5.18. The molecule has 0 bridgehead atoms. The summed E-state index contributed by atoms with van der Waals surface area (Å²) in [6.45, 7) is 8.74. The lowest BCUT2D eigenvalue weighted by molar-refractivity contribution is -0.141. The van der Waals surface area contributed by atoms with Crippen molar-refractivity contribution in [3.8, 4) is 0 Å². The maximum Gasteiger partial charge on any atom is 0.243 e. The SMILES string of the molecule is CCC(C)[C@@H]1NC(=O)[C@@H]2CCCN2C(=O)CNC(=O)[C@H](C)NC(=O)[C@H](Cc2ccccc2)NC(=O)[C@H](C(C)C)NC1=O. The molecule has 0 radical (unpaired) electrons. The zero-order valence-corrected chi connectivity index (χ0v) is 25.1. The lowest BCUT2D eigenvalue weighted by atomic mass is 9.95. The number of nitrogens with one attached hydrogen (secondary N) is 5. The van der Waals surface area contributed by atoms with Crippen molar-refractivity contribution in [1.29, 1.82) is 0 Å². The number of fused-ring (bicyclic) bond motifs is 1. The molecule has 12 nitrogen and oxygen atoms in total. The molecule has 6 amide bonds. The third-order valence-electron chi connectivity index (χ3n) is 8.00. The largest absolute Gasteiger partial charge is 0.345 e. The molecule has 0 aliphatic carbocycles. The summed E-state index contributed by atoms with van der Waals surface area (Å²) >= 11 is 0. The van der Waals surface area contributed by atoms with Crippen molar-refractivity contribution >= 4 is 35.4 Å². The van der Waals surface area contributed by atoms with Gasteiger partial charge in [0.25, 0.3) is 0 Å². The topological polar surface area (TPSA) is 166 Å². The maximum atomic E-state index is 13.6. The molecule has 0 spiro atoms. The number of amides is 6. The van der Waals surface area contributed by atoms with Crippen molar-refractivity contribution in [2.45, 2.75) is 90.5 Å². The van der Waals surface area contributed by atoms with Gasteiger partial charge in [0.15, 0.2) is 0 Å². The van der Waals surface area contributed by atoms with E-state index < -0.39 is 65.7 Å². The molecule has 1 aromatic rings. The van der Waals surface area contributed by atoms with Crippen LogP contribution in [0.15, 0.2) is 30.3 Å². The zero-order valence-electron chi connectivity index (χ0n) is 25.1. The van der Waals surface area contributed by atoms with E-state index in [1.165, 1.54) is 11.8 Å². The van der Waals surface area contributed by atoms with Gasteiger partial charge in [0, 0.05) is 13.0 Å². The highest BCUT2D eigenvalue weighted by atomic mass is 16.2. The Morgan fingerprint density at radius 1 is 0.810 bits per heavy atom. The minimum atomic E-state index is -1.05. The fraction of sp³-hybridized carbons (Fsp3) is 0.600. The van der Waals surface area contributed by atoms with Gasteiger partial charge in [-0.05, 0) is 37.2 Å². The van der Waals surface area contributed by atoms with Gasteiger partial charge in [-0.3, -0.25) is 28.8 Å². The van der Waals surface area contributed by atoms with Crippen molar-refractivity contribution in [2.24, 2.45) is 11.8 Å². The van der Waals surface area contributed by atoms with Crippen LogP contribution < -0.4 is 26.6 Å². The molecule has 2 aliphatic rings. The lowest BCUT2D eigenvalue weighted by Gasteiger charge is -2.31. The summed E-state index contributed by atoms with van der Waals surface area (Å²) in [4.78, 5) is 81.1. The predicted molar refractivity (Wildman–Crippen MR) is 156 cm³/mol. The highest BCUT2D eigenvalue weighted by Crippen LogP contribution is 2.19. The molecule has 3 rings (SSSR count). The number of carbonyl (C=O) groups is 6. The van der Waals surface area contributed by atoms with Gasteiger partial charge in [-0.15, -0.1) is 0 Å². The van der Waals surface area contributed by atoms with Crippen LogP contribution in [0.25, 0.3) is 0 Å². The Balaban J connectivity index is 1.96. The molecule has 6 atom stereocenters. The summed E-state index contributed by atoms with van der Waals surface area (Å²) in [5, 5.41) is 13.6. The van der Waals surface area contributed by atoms with Crippen LogP contribution in [-0.4, -0.2) is 83.6 Å². The van der Waals surface area contributed by atoms with Crippen molar-refractivity contribution in [1.82, 2.24) is 31.5 Å². The second kappa shape index (κ2) is 14.8. The molecule has 5 N–H and O–H groups in total. The number of nitrogens with zero attached hydrogens (tertiary/aromatic N) is 1. The van der Waals surface area contributed by atoms with E-state index in [1.807, 2.05) is 44.2 Å². The van der Waals surface area contributed by atoms with Crippen LogP contribution in [-0.2, 0) is 35.2 Å². The minimum absolute atomic E-state index is 0.145.